The lowest BCUT2D eigenvalue weighted by molar-refractivity contribution is -0.140. The first kappa shape index (κ1) is 12.6. The van der Waals surface area contributed by atoms with Gasteiger partial charge in [-0.1, -0.05) is 19.6 Å². The summed E-state index contributed by atoms with van der Waals surface area (Å²) in [5.74, 6) is -0.802. The van der Waals surface area contributed by atoms with Gasteiger partial charge in [-0.15, -0.1) is 0 Å². The van der Waals surface area contributed by atoms with Crippen LogP contribution in [0.2, 0.25) is 0 Å². The maximum absolute atomic E-state index is 12.2. The second kappa shape index (κ2) is 3.79. The second-order valence-corrected chi connectivity index (χ2v) is 6.18. The predicted molar refractivity (Wildman–Crippen MR) is 68.0 cm³/mol. The highest BCUT2D eigenvalue weighted by Crippen LogP contribution is 2.52. The van der Waals surface area contributed by atoms with Crippen molar-refractivity contribution in [1.29, 1.82) is 0 Å². The van der Waals surface area contributed by atoms with E-state index in [1.54, 1.807) is 13.0 Å². The van der Waals surface area contributed by atoms with E-state index in [-0.39, 0.29) is 23.7 Å². The molecule has 4 nitrogen and oxygen atoms in total. The first-order chi connectivity index (χ1) is 8.87. The number of hydrogen-bond donors (Lipinski definition) is 1. The molecule has 0 unspecified atom stereocenters. The molecule has 0 amide bonds. The third-order valence-corrected chi connectivity index (χ3v) is 5.17. The Kier molecular flexibility index (Phi) is 2.52. The number of allylic oxidation sites excluding steroid dienone is 2. The summed E-state index contributed by atoms with van der Waals surface area (Å²) in [5.41, 5.74) is -0.568. The third-order valence-electron chi connectivity index (χ3n) is 5.17. The Hall–Kier alpha value is -1.42. The minimum absolute atomic E-state index is 0.00731. The molecule has 19 heavy (non-hydrogen) atoms. The summed E-state index contributed by atoms with van der Waals surface area (Å²) in [6.07, 6.45) is 2.83. The van der Waals surface area contributed by atoms with E-state index in [0.29, 0.717) is 12.0 Å². The largest absolute Gasteiger partial charge is 0.458 e. The van der Waals surface area contributed by atoms with Crippen molar-refractivity contribution in [2.75, 3.05) is 0 Å². The SMILES string of the molecule is C=C1C(=O)O[C@@H]2C[C@H](C)[C@@H]3C=CC(=O)[C@@]3(C)[C@@H](O)[C@H]12. The Morgan fingerprint density at radius 3 is 2.84 bits per heavy atom. The highest BCUT2D eigenvalue weighted by molar-refractivity contribution is 5.99. The Labute approximate surface area is 112 Å². The first-order valence-corrected chi connectivity index (χ1v) is 6.68. The van der Waals surface area contributed by atoms with Crippen molar-refractivity contribution in [2.45, 2.75) is 32.5 Å². The quantitative estimate of drug-likeness (QED) is 0.527. The van der Waals surface area contributed by atoms with E-state index in [0.717, 1.165) is 0 Å². The number of rotatable bonds is 0. The van der Waals surface area contributed by atoms with E-state index in [9.17, 15) is 14.7 Å². The lowest BCUT2D eigenvalue weighted by Crippen LogP contribution is -2.46. The average Bonchev–Trinajstić information content (AvgIpc) is 2.77. The van der Waals surface area contributed by atoms with Crippen molar-refractivity contribution in [2.24, 2.45) is 23.2 Å². The van der Waals surface area contributed by atoms with E-state index in [1.165, 1.54) is 0 Å². The first-order valence-electron chi connectivity index (χ1n) is 6.68. The molecule has 0 aromatic rings. The fourth-order valence-corrected chi connectivity index (χ4v) is 3.98. The van der Waals surface area contributed by atoms with Crippen LogP contribution in [0.15, 0.2) is 24.3 Å². The van der Waals surface area contributed by atoms with Gasteiger partial charge >= 0.3 is 5.97 Å². The summed E-state index contributed by atoms with van der Waals surface area (Å²) in [6, 6.07) is 0. The molecule has 4 heteroatoms. The van der Waals surface area contributed by atoms with Crippen LogP contribution in [0.4, 0.5) is 0 Å². The normalized spacial score (nSPS) is 48.8. The standard InChI is InChI=1S/C15H18O4/c1-7-6-10-12(8(2)14(18)19-10)13(17)15(3)9(7)4-5-11(15)16/h4-5,7,9-10,12-13,17H,2,6H2,1,3H3/t7-,9-,10+,12+,13-,15-/m0/s1. The molecule has 0 bridgehead atoms. The number of fused-ring (bicyclic) bond motifs is 2. The third kappa shape index (κ3) is 1.43. The van der Waals surface area contributed by atoms with Gasteiger partial charge in [0.05, 0.1) is 17.4 Å². The molecule has 1 aliphatic heterocycles. The Balaban J connectivity index is 2.08. The molecule has 2 fully saturated rings. The van der Waals surface area contributed by atoms with Crippen LogP contribution < -0.4 is 0 Å². The van der Waals surface area contributed by atoms with Crippen LogP contribution in [0.3, 0.4) is 0 Å². The molecule has 1 saturated heterocycles. The molecule has 0 spiro atoms. The Morgan fingerprint density at radius 1 is 1.47 bits per heavy atom. The zero-order chi connectivity index (χ0) is 13.9. The molecule has 1 N–H and O–H groups in total. The van der Waals surface area contributed by atoms with Gasteiger partial charge in [-0.2, -0.15) is 0 Å². The van der Waals surface area contributed by atoms with Crippen molar-refractivity contribution in [3.63, 3.8) is 0 Å². The van der Waals surface area contributed by atoms with Crippen LogP contribution in [0.5, 0.6) is 0 Å². The summed E-state index contributed by atoms with van der Waals surface area (Å²) in [4.78, 5) is 23.9. The minimum atomic E-state index is -0.922. The molecule has 102 valence electrons. The molecule has 0 aromatic carbocycles. The number of ether oxygens (including phenoxy) is 1. The lowest BCUT2D eigenvalue weighted by Gasteiger charge is -2.37. The molecule has 2 aliphatic carbocycles. The van der Waals surface area contributed by atoms with Crippen molar-refractivity contribution in [1.82, 2.24) is 0 Å². The topological polar surface area (TPSA) is 63.6 Å². The van der Waals surface area contributed by atoms with Crippen molar-refractivity contribution >= 4 is 11.8 Å². The number of aliphatic hydroxyl groups is 1. The summed E-state index contributed by atoms with van der Waals surface area (Å²) >= 11 is 0. The van der Waals surface area contributed by atoms with Crippen LogP contribution in [0, 0.1) is 23.2 Å². The van der Waals surface area contributed by atoms with E-state index in [1.807, 2.05) is 13.0 Å². The summed E-state index contributed by atoms with van der Waals surface area (Å²) in [5, 5.41) is 10.7. The maximum atomic E-state index is 12.2. The molecule has 3 aliphatic rings. The smallest absolute Gasteiger partial charge is 0.334 e. The zero-order valence-corrected chi connectivity index (χ0v) is 11.1. The Bertz CT molecular complexity index is 506. The Morgan fingerprint density at radius 2 is 2.16 bits per heavy atom. The van der Waals surface area contributed by atoms with E-state index >= 15 is 0 Å². The van der Waals surface area contributed by atoms with Crippen LogP contribution >= 0.6 is 0 Å². The van der Waals surface area contributed by atoms with Gasteiger partial charge in [0.15, 0.2) is 5.78 Å². The van der Waals surface area contributed by atoms with Crippen LogP contribution in [-0.4, -0.2) is 29.1 Å². The monoisotopic (exact) mass is 262 g/mol. The second-order valence-electron chi connectivity index (χ2n) is 6.18. The van der Waals surface area contributed by atoms with Crippen molar-refractivity contribution < 1.29 is 19.4 Å². The molecular weight excluding hydrogens is 244 g/mol. The van der Waals surface area contributed by atoms with Gasteiger partial charge < -0.3 is 9.84 Å². The maximum Gasteiger partial charge on any atom is 0.334 e. The van der Waals surface area contributed by atoms with Crippen LogP contribution in [0.25, 0.3) is 0 Å². The molecule has 6 atom stereocenters. The molecule has 3 rings (SSSR count). The summed E-state index contributed by atoms with van der Waals surface area (Å²) in [6.45, 7) is 7.57. The van der Waals surface area contributed by atoms with Crippen molar-refractivity contribution in [3.05, 3.63) is 24.3 Å². The van der Waals surface area contributed by atoms with Crippen molar-refractivity contribution in [3.8, 4) is 0 Å². The van der Waals surface area contributed by atoms with Gasteiger partial charge in [-0.05, 0) is 31.3 Å². The minimum Gasteiger partial charge on any atom is -0.458 e. The number of carbonyl (C=O) groups is 2. The number of ketones is 1. The predicted octanol–water partition coefficient (Wildman–Crippen LogP) is 1.25. The molecule has 1 heterocycles. The number of carbonyl (C=O) groups excluding carboxylic acids is 2. The van der Waals surface area contributed by atoms with Gasteiger partial charge in [-0.25, -0.2) is 4.79 Å². The molecule has 1 saturated carbocycles. The number of hydrogen-bond acceptors (Lipinski definition) is 4. The molecule has 0 radical (unpaired) electrons. The summed E-state index contributed by atoms with van der Waals surface area (Å²) < 4.78 is 5.31. The van der Waals surface area contributed by atoms with E-state index in [2.05, 4.69) is 6.58 Å². The van der Waals surface area contributed by atoms with E-state index in [4.69, 9.17) is 4.74 Å². The van der Waals surface area contributed by atoms with E-state index < -0.39 is 23.4 Å². The number of aliphatic hydroxyl groups excluding tert-OH is 1. The van der Waals surface area contributed by atoms with Gasteiger partial charge in [0.2, 0.25) is 0 Å². The highest BCUT2D eigenvalue weighted by Gasteiger charge is 2.59. The average molecular weight is 262 g/mol. The van der Waals surface area contributed by atoms with Gasteiger partial charge in [-0.3, -0.25) is 4.79 Å². The van der Waals surface area contributed by atoms with Gasteiger partial charge in [0.1, 0.15) is 6.10 Å². The van der Waals surface area contributed by atoms with Gasteiger partial charge in [0.25, 0.3) is 0 Å². The van der Waals surface area contributed by atoms with Crippen LogP contribution in [-0.2, 0) is 14.3 Å². The lowest BCUT2D eigenvalue weighted by atomic mass is 9.67. The molecular formula is C15H18O4. The highest BCUT2D eigenvalue weighted by atomic mass is 16.6. The molecule has 0 aromatic heterocycles. The zero-order valence-electron chi connectivity index (χ0n) is 11.1. The fourth-order valence-electron chi connectivity index (χ4n) is 3.98. The summed E-state index contributed by atoms with van der Waals surface area (Å²) in [7, 11) is 0. The van der Waals surface area contributed by atoms with Gasteiger partial charge in [0, 0.05) is 5.57 Å². The number of esters is 1. The van der Waals surface area contributed by atoms with Crippen LogP contribution in [0.1, 0.15) is 20.3 Å². The fraction of sp³-hybridized carbons (Fsp3) is 0.600.